The van der Waals surface area contributed by atoms with Crippen molar-refractivity contribution in [2.75, 3.05) is 0 Å². The summed E-state index contributed by atoms with van der Waals surface area (Å²) in [4.78, 5) is 25.5. The molecule has 116 valence electrons. The first-order chi connectivity index (χ1) is 10.6. The monoisotopic (exact) mass is 319 g/mol. The highest BCUT2D eigenvalue weighted by Gasteiger charge is 2.24. The molecule has 6 heteroatoms. The molecule has 0 bridgehead atoms. The average Bonchev–Trinajstić information content (AvgIpc) is 3.15. The van der Waals surface area contributed by atoms with Gasteiger partial charge in [0, 0.05) is 11.3 Å². The van der Waals surface area contributed by atoms with E-state index in [1.165, 1.54) is 28.0 Å². The summed E-state index contributed by atoms with van der Waals surface area (Å²) in [7, 11) is 0. The summed E-state index contributed by atoms with van der Waals surface area (Å²) in [5.74, 6) is -0.845. The molecule has 1 amide bonds. The Morgan fingerprint density at radius 2 is 2.18 bits per heavy atom. The molecule has 2 aromatic rings. The van der Waals surface area contributed by atoms with Crippen molar-refractivity contribution in [1.29, 1.82) is 0 Å². The summed E-state index contributed by atoms with van der Waals surface area (Å²) in [5, 5.41) is 11.9. The molecule has 0 spiro atoms. The van der Waals surface area contributed by atoms with Crippen LogP contribution in [0, 0.1) is 0 Å². The van der Waals surface area contributed by atoms with Gasteiger partial charge >= 0.3 is 5.97 Å². The van der Waals surface area contributed by atoms with Crippen LogP contribution in [0.15, 0.2) is 28.9 Å². The number of aryl methyl sites for hydroxylation is 2. The Morgan fingerprint density at radius 3 is 2.86 bits per heavy atom. The first-order valence-corrected chi connectivity index (χ1v) is 8.13. The Balaban J connectivity index is 1.70. The number of carbonyl (C=O) groups excluding carboxylic acids is 1. The molecule has 0 radical (unpaired) electrons. The molecule has 0 saturated heterocycles. The van der Waals surface area contributed by atoms with Crippen molar-refractivity contribution in [2.24, 2.45) is 0 Å². The van der Waals surface area contributed by atoms with E-state index in [9.17, 15) is 14.7 Å². The molecule has 0 aliphatic heterocycles. The first kappa shape index (κ1) is 14.8. The maximum absolute atomic E-state index is 12.3. The molecule has 0 saturated carbocycles. The van der Waals surface area contributed by atoms with Crippen molar-refractivity contribution in [3.05, 3.63) is 45.5 Å². The van der Waals surface area contributed by atoms with Crippen LogP contribution >= 0.6 is 11.3 Å². The van der Waals surface area contributed by atoms with Gasteiger partial charge in [0.05, 0.1) is 11.1 Å². The lowest BCUT2D eigenvalue weighted by molar-refractivity contribution is -0.139. The molecule has 0 unspecified atom stereocenters. The number of fused-ring (bicyclic) bond motifs is 1. The number of aliphatic carboxylic acids is 1. The van der Waals surface area contributed by atoms with Crippen LogP contribution in [0.5, 0.6) is 0 Å². The molecule has 5 nitrogen and oxygen atoms in total. The van der Waals surface area contributed by atoms with Crippen LogP contribution in [0.3, 0.4) is 0 Å². The number of hydrogen-bond acceptors (Lipinski definition) is 4. The zero-order chi connectivity index (χ0) is 15.5. The SMILES string of the molecule is O=C(N[C@@H](Cc1ccco1)C(=O)O)c1cc2c(s1)CCCC2. The van der Waals surface area contributed by atoms with Crippen LogP contribution in [-0.2, 0) is 24.1 Å². The topological polar surface area (TPSA) is 79.5 Å². The Bertz CT molecular complexity index is 651. The zero-order valence-electron chi connectivity index (χ0n) is 12.0. The molecule has 3 rings (SSSR count). The summed E-state index contributed by atoms with van der Waals surface area (Å²) in [6.45, 7) is 0. The number of carboxylic acids is 1. The van der Waals surface area contributed by atoms with E-state index in [0.717, 1.165) is 25.7 Å². The number of carboxylic acid groups (broad SMARTS) is 1. The van der Waals surface area contributed by atoms with Crippen LogP contribution in [0.2, 0.25) is 0 Å². The van der Waals surface area contributed by atoms with Gasteiger partial charge in [-0.05, 0) is 49.4 Å². The lowest BCUT2D eigenvalue weighted by Crippen LogP contribution is -2.42. The molecule has 0 aromatic carbocycles. The second-order valence-electron chi connectivity index (χ2n) is 5.41. The second-order valence-corrected chi connectivity index (χ2v) is 6.55. The van der Waals surface area contributed by atoms with Crippen molar-refractivity contribution < 1.29 is 19.1 Å². The number of thiophene rings is 1. The Kier molecular flexibility index (Phi) is 4.29. The van der Waals surface area contributed by atoms with Gasteiger partial charge < -0.3 is 14.8 Å². The standard InChI is InChI=1S/C16H17NO4S/c18-15(14-8-10-4-1-2-6-13(10)22-14)17-12(16(19)20)9-11-5-3-7-21-11/h3,5,7-8,12H,1-2,4,6,9H2,(H,17,18)(H,19,20)/t12-/m0/s1. The normalized spacial score (nSPS) is 15.1. The number of rotatable bonds is 5. The molecule has 0 fully saturated rings. The minimum absolute atomic E-state index is 0.138. The maximum Gasteiger partial charge on any atom is 0.326 e. The van der Waals surface area contributed by atoms with E-state index in [4.69, 9.17) is 4.42 Å². The van der Waals surface area contributed by atoms with Crippen LogP contribution in [0.25, 0.3) is 0 Å². The predicted molar refractivity (Wildman–Crippen MR) is 82.3 cm³/mol. The van der Waals surface area contributed by atoms with E-state index in [2.05, 4.69) is 5.32 Å². The fraction of sp³-hybridized carbons (Fsp3) is 0.375. The van der Waals surface area contributed by atoms with E-state index in [-0.39, 0.29) is 12.3 Å². The van der Waals surface area contributed by atoms with Crippen molar-refractivity contribution in [2.45, 2.75) is 38.1 Å². The van der Waals surface area contributed by atoms with Gasteiger partial charge in [0.15, 0.2) is 0 Å². The summed E-state index contributed by atoms with van der Waals surface area (Å²) >= 11 is 1.48. The van der Waals surface area contributed by atoms with Crippen LogP contribution in [0.4, 0.5) is 0 Å². The minimum atomic E-state index is -1.06. The molecular formula is C16H17NO4S. The lowest BCUT2D eigenvalue weighted by Gasteiger charge is -2.12. The van der Waals surface area contributed by atoms with Gasteiger partial charge in [-0.1, -0.05) is 0 Å². The lowest BCUT2D eigenvalue weighted by atomic mass is 9.99. The summed E-state index contributed by atoms with van der Waals surface area (Å²) < 4.78 is 5.16. The third kappa shape index (κ3) is 3.22. The molecule has 2 N–H and O–H groups in total. The van der Waals surface area contributed by atoms with Gasteiger partial charge in [-0.2, -0.15) is 0 Å². The third-order valence-corrected chi connectivity index (χ3v) is 5.05. The Hall–Kier alpha value is -2.08. The van der Waals surface area contributed by atoms with Gasteiger partial charge in [-0.3, -0.25) is 4.79 Å². The number of carbonyl (C=O) groups is 2. The minimum Gasteiger partial charge on any atom is -0.480 e. The highest BCUT2D eigenvalue weighted by molar-refractivity contribution is 7.14. The number of furan rings is 1. The number of nitrogens with one attached hydrogen (secondary N) is 1. The van der Waals surface area contributed by atoms with Crippen molar-refractivity contribution in [3.8, 4) is 0 Å². The van der Waals surface area contributed by atoms with Crippen molar-refractivity contribution in [1.82, 2.24) is 5.32 Å². The van der Waals surface area contributed by atoms with Gasteiger partial charge in [-0.25, -0.2) is 4.79 Å². The molecule has 1 aliphatic carbocycles. The molecule has 1 atom stereocenters. The van der Waals surface area contributed by atoms with Gasteiger partial charge in [0.1, 0.15) is 11.8 Å². The zero-order valence-corrected chi connectivity index (χ0v) is 12.8. The summed E-state index contributed by atoms with van der Waals surface area (Å²) in [6.07, 6.45) is 5.96. The predicted octanol–water partition coefficient (Wildman–Crippen LogP) is 2.65. The van der Waals surface area contributed by atoms with Gasteiger partial charge in [0.2, 0.25) is 0 Å². The van der Waals surface area contributed by atoms with Gasteiger partial charge in [-0.15, -0.1) is 11.3 Å². The van der Waals surface area contributed by atoms with E-state index in [1.807, 2.05) is 6.07 Å². The Morgan fingerprint density at radius 1 is 1.36 bits per heavy atom. The smallest absolute Gasteiger partial charge is 0.326 e. The number of amides is 1. The van der Waals surface area contributed by atoms with E-state index in [0.29, 0.717) is 10.6 Å². The van der Waals surface area contributed by atoms with Crippen LogP contribution in [-0.4, -0.2) is 23.0 Å². The van der Waals surface area contributed by atoms with E-state index < -0.39 is 12.0 Å². The van der Waals surface area contributed by atoms with E-state index in [1.54, 1.807) is 12.1 Å². The van der Waals surface area contributed by atoms with E-state index >= 15 is 0 Å². The molecular weight excluding hydrogens is 302 g/mol. The molecule has 1 aliphatic rings. The molecule has 2 heterocycles. The van der Waals surface area contributed by atoms with Crippen molar-refractivity contribution >= 4 is 23.2 Å². The fourth-order valence-electron chi connectivity index (χ4n) is 2.66. The number of hydrogen-bond donors (Lipinski definition) is 2. The molecule has 2 aromatic heterocycles. The van der Waals surface area contributed by atoms with Crippen molar-refractivity contribution in [3.63, 3.8) is 0 Å². The maximum atomic E-state index is 12.3. The fourth-order valence-corrected chi connectivity index (χ4v) is 3.82. The largest absolute Gasteiger partial charge is 0.480 e. The summed E-state index contributed by atoms with van der Waals surface area (Å²) in [5.41, 5.74) is 1.24. The Labute approximate surface area is 132 Å². The highest BCUT2D eigenvalue weighted by atomic mass is 32.1. The average molecular weight is 319 g/mol. The molecule has 22 heavy (non-hydrogen) atoms. The third-order valence-electron chi connectivity index (χ3n) is 3.81. The van der Waals surface area contributed by atoms with Crippen LogP contribution in [0.1, 0.15) is 38.7 Å². The second kappa shape index (κ2) is 6.36. The van der Waals surface area contributed by atoms with Crippen LogP contribution < -0.4 is 5.32 Å². The quantitative estimate of drug-likeness (QED) is 0.888. The highest BCUT2D eigenvalue weighted by Crippen LogP contribution is 2.29. The summed E-state index contributed by atoms with van der Waals surface area (Å²) in [6, 6.07) is 4.31. The first-order valence-electron chi connectivity index (χ1n) is 7.31. The van der Waals surface area contributed by atoms with Gasteiger partial charge in [0.25, 0.3) is 5.91 Å².